The van der Waals surface area contributed by atoms with Crippen molar-refractivity contribution in [3.05, 3.63) is 173 Å². The van der Waals surface area contributed by atoms with Gasteiger partial charge in [0, 0.05) is 61.1 Å². The second-order valence-corrected chi connectivity index (χ2v) is 22.9. The van der Waals surface area contributed by atoms with Gasteiger partial charge in [0.1, 0.15) is 11.2 Å². The third-order valence-corrected chi connectivity index (χ3v) is 16.5. The Balaban J connectivity index is 1.15. The largest absolute Gasteiger partial charge is 0.456 e. The fourth-order valence-electron chi connectivity index (χ4n) is 13.0. The SMILES string of the molecule is CC(C)(C)c1ccc(N2B3c4cc5c(cc4-n4c6ccc7c(c6c6ccc(c3c64)-c3cc4c(cc32)C(C)(C)c2ccc(C(C)(C)C)cc2-4)-c2ccccc2C7(C)C)oc2ccccc25)cc1. The third-order valence-electron chi connectivity index (χ3n) is 16.5. The molecule has 2 aliphatic carbocycles. The van der Waals surface area contributed by atoms with Crippen molar-refractivity contribution in [2.24, 2.45) is 0 Å². The average molecular weight is 853 g/mol. The molecule has 14 rings (SSSR count). The summed E-state index contributed by atoms with van der Waals surface area (Å²) in [6.45, 7) is 23.5. The van der Waals surface area contributed by atoms with Crippen LogP contribution in [0.25, 0.3) is 82.8 Å². The molecule has 4 heteroatoms. The number of hydrogen-bond acceptors (Lipinski definition) is 2. The highest BCUT2D eigenvalue weighted by Gasteiger charge is 2.47. The van der Waals surface area contributed by atoms with Crippen molar-refractivity contribution in [3.8, 4) is 39.1 Å². The number of anilines is 2. The topological polar surface area (TPSA) is 21.3 Å². The smallest absolute Gasteiger partial charge is 0.333 e. The average Bonchev–Trinajstić information content (AvgIpc) is 3.97. The van der Waals surface area contributed by atoms with Crippen molar-refractivity contribution >= 4 is 72.9 Å². The summed E-state index contributed by atoms with van der Waals surface area (Å²) in [6.07, 6.45) is 0. The van der Waals surface area contributed by atoms with Crippen LogP contribution in [0.5, 0.6) is 0 Å². The molecule has 0 saturated heterocycles. The van der Waals surface area contributed by atoms with Crippen molar-refractivity contribution in [3.63, 3.8) is 0 Å². The molecule has 0 radical (unpaired) electrons. The molecular weight excluding hydrogens is 800 g/mol. The summed E-state index contributed by atoms with van der Waals surface area (Å²) in [4.78, 5) is 2.71. The number of fused-ring (bicyclic) bond motifs is 18. The number of furan rings is 1. The Labute approximate surface area is 387 Å². The minimum Gasteiger partial charge on any atom is -0.456 e. The normalized spacial score (nSPS) is 15.9. The number of hydrogen-bond donors (Lipinski definition) is 0. The van der Waals surface area contributed by atoms with Crippen LogP contribution >= 0.6 is 0 Å². The summed E-state index contributed by atoms with van der Waals surface area (Å²) in [5.74, 6) is 0. The second-order valence-electron chi connectivity index (χ2n) is 22.9. The first-order chi connectivity index (χ1) is 31.5. The number of aromatic nitrogens is 1. The van der Waals surface area contributed by atoms with Crippen LogP contribution in [0.15, 0.2) is 144 Å². The van der Waals surface area contributed by atoms with E-state index in [9.17, 15) is 0 Å². The minimum absolute atomic E-state index is 0.0272. The molecule has 0 saturated carbocycles. The van der Waals surface area contributed by atoms with Crippen molar-refractivity contribution in [2.75, 3.05) is 4.81 Å². The van der Waals surface area contributed by atoms with Crippen molar-refractivity contribution in [2.45, 2.75) is 90.9 Å². The number of para-hydroxylation sites is 1. The number of rotatable bonds is 1. The number of nitrogens with zero attached hydrogens (tertiary/aromatic N) is 2. The molecule has 320 valence electrons. The van der Waals surface area contributed by atoms with Gasteiger partial charge in [-0.15, -0.1) is 0 Å². The van der Waals surface area contributed by atoms with E-state index in [0.29, 0.717) is 0 Å². The van der Waals surface area contributed by atoms with E-state index in [1.165, 1.54) is 117 Å². The Morgan fingerprint density at radius 3 is 1.95 bits per heavy atom. The van der Waals surface area contributed by atoms with Gasteiger partial charge in [0.15, 0.2) is 0 Å². The van der Waals surface area contributed by atoms with Crippen molar-refractivity contribution in [1.29, 1.82) is 0 Å². The Hall–Kier alpha value is -6.78. The Morgan fingerprint density at radius 1 is 0.485 bits per heavy atom. The van der Waals surface area contributed by atoms with Gasteiger partial charge >= 0.3 is 6.85 Å². The van der Waals surface area contributed by atoms with E-state index in [1.807, 2.05) is 0 Å². The third kappa shape index (κ3) is 4.70. The fraction of sp³-hybridized carbons (Fsp3) is 0.226. The second kappa shape index (κ2) is 12.2. The molecule has 66 heavy (non-hydrogen) atoms. The highest BCUT2D eigenvalue weighted by Crippen LogP contribution is 2.57. The molecule has 0 amide bonds. The Morgan fingerprint density at radius 2 is 1.17 bits per heavy atom. The first-order valence-corrected chi connectivity index (χ1v) is 24.0. The monoisotopic (exact) mass is 852 g/mol. The quantitative estimate of drug-likeness (QED) is 0.153. The fourth-order valence-corrected chi connectivity index (χ4v) is 13.0. The van der Waals surface area contributed by atoms with Crippen LogP contribution in [0, 0.1) is 0 Å². The molecule has 0 unspecified atom stereocenters. The summed E-state index contributed by atoms with van der Waals surface area (Å²) in [6, 6.07) is 54.2. The predicted octanol–water partition coefficient (Wildman–Crippen LogP) is 15.1. The maximum absolute atomic E-state index is 6.76. The lowest BCUT2D eigenvalue weighted by Gasteiger charge is -2.42. The van der Waals surface area contributed by atoms with E-state index >= 15 is 0 Å². The van der Waals surface area contributed by atoms with E-state index < -0.39 is 0 Å². The lowest BCUT2D eigenvalue weighted by molar-refractivity contribution is 0.589. The van der Waals surface area contributed by atoms with Crippen LogP contribution in [0.2, 0.25) is 0 Å². The molecule has 2 aliphatic heterocycles. The molecule has 4 heterocycles. The van der Waals surface area contributed by atoms with Crippen LogP contribution in [0.3, 0.4) is 0 Å². The highest BCUT2D eigenvalue weighted by atomic mass is 16.3. The van der Waals surface area contributed by atoms with Crippen molar-refractivity contribution < 1.29 is 4.42 Å². The van der Waals surface area contributed by atoms with Gasteiger partial charge in [-0.1, -0.05) is 166 Å². The van der Waals surface area contributed by atoms with Crippen LogP contribution in [-0.2, 0) is 21.7 Å². The molecule has 10 aromatic rings. The first-order valence-electron chi connectivity index (χ1n) is 24.0. The molecule has 8 aromatic carbocycles. The lowest BCUT2D eigenvalue weighted by Crippen LogP contribution is -2.60. The highest BCUT2D eigenvalue weighted by molar-refractivity contribution is 6.94. The van der Waals surface area contributed by atoms with E-state index in [0.717, 1.165) is 21.9 Å². The molecule has 0 N–H and O–H groups in total. The summed E-state index contributed by atoms with van der Waals surface area (Å²) in [5.41, 5.74) is 26.8. The van der Waals surface area contributed by atoms with Crippen LogP contribution in [-0.4, -0.2) is 11.4 Å². The maximum Gasteiger partial charge on any atom is 0.333 e. The van der Waals surface area contributed by atoms with Gasteiger partial charge in [-0.25, -0.2) is 0 Å². The van der Waals surface area contributed by atoms with Gasteiger partial charge in [-0.05, 0) is 119 Å². The predicted molar refractivity (Wildman–Crippen MR) is 280 cm³/mol. The molecular formula is C62H53BN2O. The summed E-state index contributed by atoms with van der Waals surface area (Å²) < 4.78 is 9.38. The Kier molecular flexibility index (Phi) is 7.09. The molecule has 0 spiro atoms. The number of benzene rings is 8. The zero-order valence-corrected chi connectivity index (χ0v) is 39.7. The summed E-state index contributed by atoms with van der Waals surface area (Å²) in [7, 11) is 0. The molecule has 3 nitrogen and oxygen atoms in total. The van der Waals surface area contributed by atoms with E-state index in [2.05, 4.69) is 218 Å². The van der Waals surface area contributed by atoms with Gasteiger partial charge < -0.3 is 13.8 Å². The zero-order valence-electron chi connectivity index (χ0n) is 39.7. The summed E-state index contributed by atoms with van der Waals surface area (Å²) in [5, 5.41) is 4.95. The van der Waals surface area contributed by atoms with Gasteiger partial charge in [0.2, 0.25) is 0 Å². The van der Waals surface area contributed by atoms with Crippen LogP contribution < -0.4 is 15.7 Å². The van der Waals surface area contributed by atoms with Gasteiger partial charge in [0.05, 0.1) is 11.0 Å². The van der Waals surface area contributed by atoms with Gasteiger partial charge in [0.25, 0.3) is 0 Å². The molecule has 0 atom stereocenters. The molecule has 0 fully saturated rings. The maximum atomic E-state index is 6.76. The minimum atomic E-state index is -0.175. The Bertz CT molecular complexity index is 3840. The molecule has 4 aliphatic rings. The zero-order chi connectivity index (χ0) is 45.1. The van der Waals surface area contributed by atoms with E-state index in [4.69, 9.17) is 4.42 Å². The van der Waals surface area contributed by atoms with Crippen LogP contribution in [0.4, 0.5) is 11.4 Å². The van der Waals surface area contributed by atoms with Gasteiger partial charge in [-0.2, -0.15) is 0 Å². The molecule has 2 aromatic heterocycles. The summed E-state index contributed by atoms with van der Waals surface area (Å²) >= 11 is 0. The van der Waals surface area contributed by atoms with Crippen LogP contribution in [0.1, 0.15) is 103 Å². The first kappa shape index (κ1) is 38.5. The van der Waals surface area contributed by atoms with Crippen molar-refractivity contribution in [1.82, 2.24) is 4.57 Å². The lowest BCUT2D eigenvalue weighted by atomic mass is 9.44. The standard InChI is InChI=1S/C62H53BN2O/c1-59(2,3)34-19-22-36(23-20-34)65-51-32-48-42(41-29-35(60(4,5)6)21-26-46(41)62(48,9)10)30-43(51)38-24-25-40-56-50(28-27-47-55(56)39-16-11-13-17-45(39)61(47,7)8)64-52-33-54-44(37-15-12-14-18-53(37)66-54)31-49(52)63(65)57(38)58(40)64/h11-33H,1-10H3. The van der Waals surface area contributed by atoms with Gasteiger partial charge in [-0.3, -0.25) is 0 Å². The van der Waals surface area contributed by atoms with E-state index in [-0.39, 0.29) is 28.5 Å². The molecule has 0 bridgehead atoms. The van der Waals surface area contributed by atoms with E-state index in [1.54, 1.807) is 0 Å².